The number of benzene rings is 1. The second kappa shape index (κ2) is 5.27. The van der Waals surface area contributed by atoms with Crippen molar-refractivity contribution in [1.29, 1.82) is 0 Å². The van der Waals surface area contributed by atoms with Crippen LogP contribution in [0.3, 0.4) is 0 Å². The van der Waals surface area contributed by atoms with E-state index in [0.717, 1.165) is 11.3 Å². The van der Waals surface area contributed by atoms with Crippen LogP contribution in [0.2, 0.25) is 0 Å². The second-order valence-electron chi connectivity index (χ2n) is 3.34. The summed E-state index contributed by atoms with van der Waals surface area (Å²) in [6, 6.07) is 6.11. The van der Waals surface area contributed by atoms with E-state index in [1.165, 1.54) is 11.1 Å². The Morgan fingerprint density at radius 1 is 1.43 bits per heavy atom. The van der Waals surface area contributed by atoms with Crippen LogP contribution in [0.1, 0.15) is 23.6 Å². The SMILES string of the molecule is CCS(=O)Cc1ccc(CN)cc1C. The average molecular weight is 211 g/mol. The fraction of sp³-hybridized carbons (Fsp3) is 0.455. The molecule has 2 nitrogen and oxygen atoms in total. The molecule has 0 saturated heterocycles. The zero-order valence-electron chi connectivity index (χ0n) is 8.75. The van der Waals surface area contributed by atoms with Crippen LogP contribution >= 0.6 is 0 Å². The molecule has 1 unspecified atom stereocenters. The lowest BCUT2D eigenvalue weighted by Crippen LogP contribution is -2.02. The highest BCUT2D eigenvalue weighted by atomic mass is 32.2. The van der Waals surface area contributed by atoms with Gasteiger partial charge in [0.1, 0.15) is 0 Å². The molecule has 78 valence electrons. The van der Waals surface area contributed by atoms with Crippen LogP contribution in [0.4, 0.5) is 0 Å². The molecule has 1 rings (SSSR count). The van der Waals surface area contributed by atoms with Gasteiger partial charge in [0.25, 0.3) is 0 Å². The topological polar surface area (TPSA) is 43.1 Å². The minimum absolute atomic E-state index is 0.567. The Hall–Kier alpha value is -0.670. The standard InChI is InChI=1S/C11H17NOS/c1-3-14(13)8-11-5-4-10(7-12)6-9(11)2/h4-6H,3,7-8,12H2,1-2H3. The minimum atomic E-state index is -0.728. The van der Waals surface area contributed by atoms with E-state index in [-0.39, 0.29) is 0 Å². The first kappa shape index (κ1) is 11.4. The van der Waals surface area contributed by atoms with Gasteiger partial charge in [-0.15, -0.1) is 0 Å². The maximum Gasteiger partial charge on any atom is 0.0488 e. The van der Waals surface area contributed by atoms with Crippen molar-refractivity contribution in [3.8, 4) is 0 Å². The van der Waals surface area contributed by atoms with Gasteiger partial charge in [-0.05, 0) is 23.6 Å². The number of aryl methyl sites for hydroxylation is 1. The summed E-state index contributed by atoms with van der Waals surface area (Å²) >= 11 is 0. The fourth-order valence-electron chi connectivity index (χ4n) is 1.32. The summed E-state index contributed by atoms with van der Waals surface area (Å²) in [5.41, 5.74) is 9.03. The lowest BCUT2D eigenvalue weighted by atomic mass is 10.1. The molecular weight excluding hydrogens is 194 g/mol. The van der Waals surface area contributed by atoms with Crippen molar-refractivity contribution >= 4 is 10.8 Å². The molecule has 0 radical (unpaired) electrons. The normalized spacial score (nSPS) is 12.8. The van der Waals surface area contributed by atoms with Gasteiger partial charge in [-0.1, -0.05) is 25.1 Å². The molecule has 0 aromatic heterocycles. The van der Waals surface area contributed by atoms with Gasteiger partial charge < -0.3 is 5.73 Å². The third-order valence-corrected chi connectivity index (χ3v) is 3.56. The Labute approximate surface area is 88.0 Å². The molecule has 0 bridgehead atoms. The molecule has 0 spiro atoms. The highest BCUT2D eigenvalue weighted by molar-refractivity contribution is 7.84. The molecule has 1 aromatic carbocycles. The van der Waals surface area contributed by atoms with Gasteiger partial charge in [-0.3, -0.25) is 4.21 Å². The van der Waals surface area contributed by atoms with Crippen molar-refractivity contribution in [3.05, 3.63) is 34.9 Å². The van der Waals surface area contributed by atoms with E-state index in [4.69, 9.17) is 5.73 Å². The van der Waals surface area contributed by atoms with Crippen LogP contribution in [0.5, 0.6) is 0 Å². The van der Waals surface area contributed by atoms with E-state index < -0.39 is 10.8 Å². The minimum Gasteiger partial charge on any atom is -0.326 e. The third kappa shape index (κ3) is 2.93. The highest BCUT2D eigenvalue weighted by Crippen LogP contribution is 2.12. The van der Waals surface area contributed by atoms with Gasteiger partial charge >= 0.3 is 0 Å². The maximum atomic E-state index is 11.4. The van der Waals surface area contributed by atoms with Gasteiger partial charge in [0.2, 0.25) is 0 Å². The van der Waals surface area contributed by atoms with Gasteiger partial charge in [-0.2, -0.15) is 0 Å². The quantitative estimate of drug-likeness (QED) is 0.824. The summed E-state index contributed by atoms with van der Waals surface area (Å²) in [5, 5.41) is 0. The second-order valence-corrected chi connectivity index (χ2v) is 5.08. The summed E-state index contributed by atoms with van der Waals surface area (Å²) in [5.74, 6) is 1.38. The number of hydrogen-bond acceptors (Lipinski definition) is 2. The Morgan fingerprint density at radius 2 is 2.14 bits per heavy atom. The fourth-order valence-corrected chi connectivity index (χ4v) is 2.20. The zero-order valence-corrected chi connectivity index (χ0v) is 9.56. The first-order valence-electron chi connectivity index (χ1n) is 4.80. The smallest absolute Gasteiger partial charge is 0.0488 e. The predicted octanol–water partition coefficient (Wildman–Crippen LogP) is 1.72. The first-order chi connectivity index (χ1) is 6.67. The molecule has 0 aliphatic rings. The van der Waals surface area contributed by atoms with E-state index in [2.05, 4.69) is 6.07 Å². The van der Waals surface area contributed by atoms with Crippen LogP contribution in [-0.4, -0.2) is 9.96 Å². The van der Waals surface area contributed by atoms with Crippen LogP contribution in [0, 0.1) is 6.92 Å². The Balaban J connectivity index is 2.83. The molecule has 0 saturated carbocycles. The molecule has 1 aromatic rings. The molecule has 14 heavy (non-hydrogen) atoms. The van der Waals surface area contributed by atoms with Gasteiger partial charge in [0.05, 0.1) is 0 Å². The molecule has 0 amide bonds. The monoisotopic (exact) mass is 211 g/mol. The molecule has 0 aliphatic heterocycles. The van der Waals surface area contributed by atoms with Crippen molar-refractivity contribution in [2.75, 3.05) is 5.75 Å². The van der Waals surface area contributed by atoms with Crippen molar-refractivity contribution in [3.63, 3.8) is 0 Å². The van der Waals surface area contributed by atoms with E-state index in [1.807, 2.05) is 26.0 Å². The summed E-state index contributed by atoms with van der Waals surface area (Å²) < 4.78 is 11.4. The Bertz CT molecular complexity index is 336. The van der Waals surface area contributed by atoms with Crippen LogP contribution < -0.4 is 5.73 Å². The summed E-state index contributed by atoms with van der Waals surface area (Å²) in [6.45, 7) is 4.55. The number of nitrogens with two attached hydrogens (primary N) is 1. The van der Waals surface area contributed by atoms with Crippen molar-refractivity contribution in [1.82, 2.24) is 0 Å². The molecule has 0 heterocycles. The largest absolute Gasteiger partial charge is 0.326 e. The van der Waals surface area contributed by atoms with Crippen molar-refractivity contribution in [2.24, 2.45) is 5.73 Å². The average Bonchev–Trinajstić information content (AvgIpc) is 2.20. The van der Waals surface area contributed by atoms with E-state index >= 15 is 0 Å². The van der Waals surface area contributed by atoms with Gasteiger partial charge in [-0.25, -0.2) is 0 Å². The van der Waals surface area contributed by atoms with E-state index in [0.29, 0.717) is 12.3 Å². The molecule has 0 fully saturated rings. The third-order valence-electron chi connectivity index (χ3n) is 2.28. The molecular formula is C11H17NOS. The van der Waals surface area contributed by atoms with E-state index in [9.17, 15) is 4.21 Å². The summed E-state index contributed by atoms with van der Waals surface area (Å²) in [7, 11) is -0.728. The van der Waals surface area contributed by atoms with Crippen LogP contribution in [-0.2, 0) is 23.1 Å². The van der Waals surface area contributed by atoms with E-state index in [1.54, 1.807) is 0 Å². The number of rotatable bonds is 4. The first-order valence-corrected chi connectivity index (χ1v) is 6.29. The van der Waals surface area contributed by atoms with Crippen LogP contribution in [0.15, 0.2) is 18.2 Å². The Morgan fingerprint density at radius 3 is 2.64 bits per heavy atom. The maximum absolute atomic E-state index is 11.4. The lowest BCUT2D eigenvalue weighted by molar-refractivity contribution is 0.683. The summed E-state index contributed by atoms with van der Waals surface area (Å²) in [6.07, 6.45) is 0. The van der Waals surface area contributed by atoms with Crippen molar-refractivity contribution in [2.45, 2.75) is 26.1 Å². The molecule has 2 N–H and O–H groups in total. The predicted molar refractivity (Wildman–Crippen MR) is 61.5 cm³/mol. The lowest BCUT2D eigenvalue weighted by Gasteiger charge is -2.06. The highest BCUT2D eigenvalue weighted by Gasteiger charge is 2.03. The van der Waals surface area contributed by atoms with Gasteiger partial charge in [0.15, 0.2) is 0 Å². The van der Waals surface area contributed by atoms with Crippen molar-refractivity contribution < 1.29 is 4.21 Å². The number of hydrogen-bond donors (Lipinski definition) is 1. The Kier molecular flexibility index (Phi) is 4.29. The zero-order chi connectivity index (χ0) is 10.6. The van der Waals surface area contributed by atoms with Crippen LogP contribution in [0.25, 0.3) is 0 Å². The molecule has 3 heteroatoms. The van der Waals surface area contributed by atoms with Gasteiger partial charge in [0, 0.05) is 28.9 Å². The summed E-state index contributed by atoms with van der Waals surface area (Å²) in [4.78, 5) is 0. The molecule has 1 atom stereocenters. The molecule has 0 aliphatic carbocycles.